The number of nitrogens with zero attached hydrogens (tertiary/aromatic N) is 1. The topological polar surface area (TPSA) is 70.7 Å². The molecule has 1 aromatic carbocycles. The molecule has 2 unspecified atom stereocenters. The van der Waals surface area contributed by atoms with Crippen LogP contribution in [-0.2, 0) is 4.79 Å². The van der Waals surface area contributed by atoms with Gasteiger partial charge in [0.1, 0.15) is 5.75 Å². The zero-order chi connectivity index (χ0) is 17.7. The van der Waals surface area contributed by atoms with Gasteiger partial charge >= 0.3 is 6.03 Å². The van der Waals surface area contributed by atoms with Crippen molar-refractivity contribution < 1.29 is 14.3 Å². The second-order valence-corrected chi connectivity index (χ2v) is 6.55. The molecular formula is C18H27N3O3. The normalized spacial score (nSPS) is 19.1. The van der Waals surface area contributed by atoms with Crippen molar-refractivity contribution in [2.24, 2.45) is 0 Å². The highest BCUT2D eigenvalue weighted by Gasteiger charge is 2.31. The molecule has 6 nitrogen and oxygen atoms in total. The molecule has 1 fully saturated rings. The third-order valence-electron chi connectivity index (χ3n) is 4.39. The van der Waals surface area contributed by atoms with E-state index in [4.69, 9.17) is 4.74 Å². The maximum absolute atomic E-state index is 12.2. The van der Waals surface area contributed by atoms with Crippen LogP contribution in [0.15, 0.2) is 24.3 Å². The summed E-state index contributed by atoms with van der Waals surface area (Å²) >= 11 is 0. The Morgan fingerprint density at radius 1 is 1.21 bits per heavy atom. The summed E-state index contributed by atoms with van der Waals surface area (Å²) in [4.78, 5) is 26.0. The zero-order valence-electron chi connectivity index (χ0n) is 14.8. The molecule has 2 atom stereocenters. The summed E-state index contributed by atoms with van der Waals surface area (Å²) in [5, 5.41) is 5.07. The van der Waals surface area contributed by atoms with E-state index in [2.05, 4.69) is 27.7 Å². The van der Waals surface area contributed by atoms with Crippen LogP contribution in [0.2, 0.25) is 0 Å². The Bertz CT molecular complexity index is 571. The van der Waals surface area contributed by atoms with Crippen LogP contribution in [0.5, 0.6) is 5.75 Å². The van der Waals surface area contributed by atoms with Gasteiger partial charge in [-0.15, -0.1) is 0 Å². The number of hydrogen-bond donors (Lipinski definition) is 2. The van der Waals surface area contributed by atoms with Crippen LogP contribution in [0.3, 0.4) is 0 Å². The van der Waals surface area contributed by atoms with E-state index in [-0.39, 0.29) is 18.0 Å². The fraction of sp³-hybridized carbons (Fsp3) is 0.556. The summed E-state index contributed by atoms with van der Waals surface area (Å²) in [7, 11) is 1.65. The van der Waals surface area contributed by atoms with E-state index in [1.807, 2.05) is 32.9 Å². The first-order valence-corrected chi connectivity index (χ1v) is 8.40. The van der Waals surface area contributed by atoms with Crippen LogP contribution in [0.1, 0.15) is 38.7 Å². The molecule has 0 spiro atoms. The number of hydrogen-bond acceptors (Lipinski definition) is 4. The molecule has 1 aromatic rings. The molecule has 1 saturated heterocycles. The van der Waals surface area contributed by atoms with Gasteiger partial charge in [-0.3, -0.25) is 15.0 Å². The predicted octanol–water partition coefficient (Wildman–Crippen LogP) is 2.11. The van der Waals surface area contributed by atoms with Gasteiger partial charge in [0, 0.05) is 12.6 Å². The van der Waals surface area contributed by atoms with Crippen molar-refractivity contribution in [1.82, 2.24) is 15.5 Å². The predicted molar refractivity (Wildman–Crippen MR) is 93.2 cm³/mol. The number of likely N-dealkylation sites (tertiary alicyclic amines) is 1. The molecule has 1 aliphatic heterocycles. The average molecular weight is 333 g/mol. The van der Waals surface area contributed by atoms with Crippen LogP contribution >= 0.6 is 0 Å². The third-order valence-corrected chi connectivity index (χ3v) is 4.39. The number of methoxy groups -OCH3 is 1. The molecule has 0 radical (unpaired) electrons. The molecule has 24 heavy (non-hydrogen) atoms. The Hall–Kier alpha value is -2.08. The summed E-state index contributed by atoms with van der Waals surface area (Å²) in [5.74, 6) is 0.983. The minimum atomic E-state index is -0.437. The molecule has 2 rings (SSSR count). The second-order valence-electron chi connectivity index (χ2n) is 6.55. The Morgan fingerprint density at radius 2 is 1.88 bits per heavy atom. The van der Waals surface area contributed by atoms with Gasteiger partial charge < -0.3 is 10.1 Å². The average Bonchev–Trinajstić information content (AvgIpc) is 3.03. The smallest absolute Gasteiger partial charge is 0.321 e. The molecule has 3 amide bonds. The maximum Gasteiger partial charge on any atom is 0.321 e. The highest BCUT2D eigenvalue weighted by molar-refractivity contribution is 5.96. The summed E-state index contributed by atoms with van der Waals surface area (Å²) < 4.78 is 5.19. The van der Waals surface area contributed by atoms with Gasteiger partial charge in [0.2, 0.25) is 5.91 Å². The number of benzene rings is 1. The molecule has 2 N–H and O–H groups in total. The lowest BCUT2D eigenvalue weighted by Gasteiger charge is -2.23. The van der Waals surface area contributed by atoms with E-state index in [9.17, 15) is 9.59 Å². The van der Waals surface area contributed by atoms with Crippen molar-refractivity contribution in [1.29, 1.82) is 0 Å². The number of nitrogens with one attached hydrogen (secondary N) is 2. The Morgan fingerprint density at radius 3 is 2.46 bits per heavy atom. The quantitative estimate of drug-likeness (QED) is 0.866. The summed E-state index contributed by atoms with van der Waals surface area (Å²) in [6, 6.07) is 7.31. The van der Waals surface area contributed by atoms with Gasteiger partial charge in [0.05, 0.1) is 13.2 Å². The fourth-order valence-corrected chi connectivity index (χ4v) is 2.97. The number of imide groups is 1. The molecule has 132 valence electrons. The third kappa shape index (κ3) is 4.71. The summed E-state index contributed by atoms with van der Waals surface area (Å²) in [5.41, 5.74) is 1.25. The van der Waals surface area contributed by atoms with Crippen LogP contribution in [0.4, 0.5) is 4.79 Å². The lowest BCUT2D eigenvalue weighted by molar-refractivity contribution is -0.124. The maximum atomic E-state index is 12.2. The van der Waals surface area contributed by atoms with Gasteiger partial charge in [0.25, 0.3) is 0 Å². The van der Waals surface area contributed by atoms with Crippen LogP contribution in [0, 0.1) is 0 Å². The number of carbonyl (C=O) groups excluding carboxylic acids is 2. The molecule has 0 aliphatic carbocycles. The minimum absolute atomic E-state index is 0.000606. The van der Waals surface area contributed by atoms with E-state index < -0.39 is 6.03 Å². The molecule has 6 heteroatoms. The first-order chi connectivity index (χ1) is 11.4. The summed E-state index contributed by atoms with van der Waals surface area (Å²) in [6.07, 6.45) is 1.00. The van der Waals surface area contributed by atoms with Crippen molar-refractivity contribution >= 4 is 11.9 Å². The lowest BCUT2D eigenvalue weighted by Crippen LogP contribution is -2.50. The highest BCUT2D eigenvalue weighted by atomic mass is 16.5. The van der Waals surface area contributed by atoms with Crippen molar-refractivity contribution in [2.45, 2.75) is 45.2 Å². The van der Waals surface area contributed by atoms with E-state index >= 15 is 0 Å². The Kier molecular flexibility index (Phi) is 6.20. The van der Waals surface area contributed by atoms with E-state index in [0.717, 1.165) is 25.3 Å². The molecular weight excluding hydrogens is 306 g/mol. The molecule has 0 saturated carbocycles. The number of urea groups is 1. The largest absolute Gasteiger partial charge is 0.497 e. The van der Waals surface area contributed by atoms with Crippen molar-refractivity contribution in [3.05, 3.63) is 29.8 Å². The number of ether oxygens (including phenoxy) is 1. The number of amides is 3. The van der Waals surface area contributed by atoms with Gasteiger partial charge in [-0.25, -0.2) is 4.79 Å². The SMILES string of the molecule is COc1ccc(C2CCN(C(C)C(=O)NC(=O)NC(C)C)C2)cc1. The van der Waals surface area contributed by atoms with Crippen molar-refractivity contribution in [2.75, 3.05) is 20.2 Å². The monoisotopic (exact) mass is 333 g/mol. The molecule has 0 bridgehead atoms. The van der Waals surface area contributed by atoms with Crippen molar-refractivity contribution in [3.8, 4) is 5.75 Å². The Labute approximate surface area is 143 Å². The van der Waals surface area contributed by atoms with E-state index in [1.165, 1.54) is 5.56 Å². The van der Waals surface area contributed by atoms with Gasteiger partial charge in [-0.05, 0) is 57.4 Å². The molecule has 1 heterocycles. The van der Waals surface area contributed by atoms with E-state index in [1.54, 1.807) is 7.11 Å². The molecule has 1 aliphatic rings. The Balaban J connectivity index is 1.89. The van der Waals surface area contributed by atoms with Crippen LogP contribution < -0.4 is 15.4 Å². The molecule has 0 aromatic heterocycles. The van der Waals surface area contributed by atoms with Crippen LogP contribution in [0.25, 0.3) is 0 Å². The van der Waals surface area contributed by atoms with E-state index in [0.29, 0.717) is 5.92 Å². The van der Waals surface area contributed by atoms with Crippen molar-refractivity contribution in [3.63, 3.8) is 0 Å². The number of rotatable bonds is 5. The standard InChI is InChI=1S/C18H27N3O3/c1-12(2)19-18(23)20-17(22)13(3)21-10-9-15(11-21)14-5-7-16(24-4)8-6-14/h5-8,12-13,15H,9-11H2,1-4H3,(H2,19,20,22,23). The first kappa shape index (κ1) is 18.3. The number of carbonyl (C=O) groups is 2. The second kappa shape index (κ2) is 8.15. The highest BCUT2D eigenvalue weighted by Crippen LogP contribution is 2.29. The minimum Gasteiger partial charge on any atom is -0.497 e. The zero-order valence-corrected chi connectivity index (χ0v) is 14.8. The first-order valence-electron chi connectivity index (χ1n) is 8.40. The van der Waals surface area contributed by atoms with Gasteiger partial charge in [-0.1, -0.05) is 12.1 Å². The van der Waals surface area contributed by atoms with Crippen LogP contribution in [-0.4, -0.2) is 49.1 Å². The van der Waals surface area contributed by atoms with Gasteiger partial charge in [-0.2, -0.15) is 0 Å². The van der Waals surface area contributed by atoms with Gasteiger partial charge in [0.15, 0.2) is 0 Å². The fourth-order valence-electron chi connectivity index (χ4n) is 2.97. The lowest BCUT2D eigenvalue weighted by atomic mass is 9.98. The summed E-state index contributed by atoms with van der Waals surface area (Å²) in [6.45, 7) is 7.21.